The van der Waals surface area contributed by atoms with E-state index in [0.717, 1.165) is 61.8 Å². The molecule has 2 saturated heterocycles. The Kier molecular flexibility index (Phi) is 8.53. The Morgan fingerprint density at radius 2 is 1.79 bits per heavy atom. The third-order valence-corrected chi connectivity index (χ3v) is 7.42. The van der Waals surface area contributed by atoms with E-state index in [4.69, 9.17) is 9.72 Å². The SMILES string of the molecule is CCOC(=O)N1CCC(NC(=O)Cc2csc(-c3ccc(CN4CCN(C)CC4)cc3)n2)CC1. The predicted octanol–water partition coefficient (Wildman–Crippen LogP) is 2.84. The van der Waals surface area contributed by atoms with Gasteiger partial charge in [0.15, 0.2) is 0 Å². The van der Waals surface area contributed by atoms with Crippen LogP contribution < -0.4 is 5.32 Å². The molecule has 4 rings (SSSR count). The van der Waals surface area contributed by atoms with Gasteiger partial charge in [-0.2, -0.15) is 0 Å². The molecule has 2 amide bonds. The quantitative estimate of drug-likeness (QED) is 0.650. The smallest absolute Gasteiger partial charge is 0.409 e. The van der Waals surface area contributed by atoms with Gasteiger partial charge in [0.1, 0.15) is 5.01 Å². The van der Waals surface area contributed by atoms with Crippen molar-refractivity contribution >= 4 is 23.3 Å². The molecule has 34 heavy (non-hydrogen) atoms. The number of rotatable bonds is 7. The van der Waals surface area contributed by atoms with Gasteiger partial charge in [0.25, 0.3) is 0 Å². The van der Waals surface area contributed by atoms with Crippen LogP contribution in [0.5, 0.6) is 0 Å². The number of likely N-dealkylation sites (N-methyl/N-ethyl adjacent to an activating group) is 1. The number of benzene rings is 1. The highest BCUT2D eigenvalue weighted by Crippen LogP contribution is 2.25. The van der Waals surface area contributed by atoms with Gasteiger partial charge in [0.2, 0.25) is 5.91 Å². The first-order valence-electron chi connectivity index (χ1n) is 12.2. The van der Waals surface area contributed by atoms with E-state index in [1.54, 1.807) is 23.2 Å². The lowest BCUT2D eigenvalue weighted by atomic mass is 10.1. The van der Waals surface area contributed by atoms with Crippen molar-refractivity contribution in [1.29, 1.82) is 0 Å². The Balaban J connectivity index is 1.23. The average Bonchev–Trinajstić information content (AvgIpc) is 3.30. The van der Waals surface area contributed by atoms with Crippen LogP contribution in [-0.4, -0.2) is 90.6 Å². The number of carbonyl (C=O) groups excluding carboxylic acids is 2. The number of nitrogens with one attached hydrogen (secondary N) is 1. The molecular formula is C25H35N5O3S. The number of piperidine rings is 1. The molecule has 2 aromatic rings. The van der Waals surface area contributed by atoms with Gasteiger partial charge >= 0.3 is 6.09 Å². The van der Waals surface area contributed by atoms with Crippen LogP contribution in [0.2, 0.25) is 0 Å². The van der Waals surface area contributed by atoms with Gasteiger partial charge in [-0.1, -0.05) is 24.3 Å². The third-order valence-electron chi connectivity index (χ3n) is 6.48. The van der Waals surface area contributed by atoms with Gasteiger partial charge in [0, 0.05) is 62.8 Å². The summed E-state index contributed by atoms with van der Waals surface area (Å²) in [6, 6.07) is 8.72. The average molecular weight is 486 g/mol. The topological polar surface area (TPSA) is 78.0 Å². The second-order valence-electron chi connectivity index (χ2n) is 9.12. The van der Waals surface area contributed by atoms with Crippen LogP contribution in [0, 0.1) is 0 Å². The second-order valence-corrected chi connectivity index (χ2v) is 9.98. The molecule has 2 fully saturated rings. The van der Waals surface area contributed by atoms with Crippen molar-refractivity contribution in [2.24, 2.45) is 0 Å². The molecule has 0 radical (unpaired) electrons. The Hall–Kier alpha value is -2.49. The number of nitrogens with zero attached hydrogens (tertiary/aromatic N) is 4. The van der Waals surface area contributed by atoms with E-state index in [0.29, 0.717) is 19.7 Å². The molecule has 2 aliphatic heterocycles. The summed E-state index contributed by atoms with van der Waals surface area (Å²) >= 11 is 1.58. The maximum Gasteiger partial charge on any atom is 0.409 e. The van der Waals surface area contributed by atoms with Crippen molar-refractivity contribution in [3.8, 4) is 10.6 Å². The van der Waals surface area contributed by atoms with E-state index in [2.05, 4.69) is 46.4 Å². The van der Waals surface area contributed by atoms with Gasteiger partial charge in [0.05, 0.1) is 18.7 Å². The first-order valence-corrected chi connectivity index (χ1v) is 13.0. The van der Waals surface area contributed by atoms with Crippen LogP contribution in [0.3, 0.4) is 0 Å². The van der Waals surface area contributed by atoms with Crippen LogP contribution in [0.1, 0.15) is 31.0 Å². The number of piperazine rings is 1. The van der Waals surface area contributed by atoms with Crippen LogP contribution in [0.15, 0.2) is 29.6 Å². The summed E-state index contributed by atoms with van der Waals surface area (Å²) in [5.41, 5.74) is 3.20. The summed E-state index contributed by atoms with van der Waals surface area (Å²) < 4.78 is 5.05. The van der Waals surface area contributed by atoms with Gasteiger partial charge in [-0.15, -0.1) is 11.3 Å². The molecule has 9 heteroatoms. The fourth-order valence-electron chi connectivity index (χ4n) is 4.40. The third kappa shape index (κ3) is 6.77. The molecule has 8 nitrogen and oxygen atoms in total. The first kappa shape index (κ1) is 24.6. The fraction of sp³-hybridized carbons (Fsp3) is 0.560. The lowest BCUT2D eigenvalue weighted by molar-refractivity contribution is -0.121. The van der Waals surface area contributed by atoms with Crippen molar-refractivity contribution in [3.05, 3.63) is 40.9 Å². The van der Waals surface area contributed by atoms with E-state index in [1.165, 1.54) is 5.56 Å². The Bertz CT molecular complexity index is 948. The number of amides is 2. The minimum atomic E-state index is -0.269. The normalized spacial score (nSPS) is 18.1. The highest BCUT2D eigenvalue weighted by atomic mass is 32.1. The highest BCUT2D eigenvalue weighted by Gasteiger charge is 2.24. The van der Waals surface area contributed by atoms with Gasteiger partial charge in [-0.25, -0.2) is 9.78 Å². The summed E-state index contributed by atoms with van der Waals surface area (Å²) in [6.07, 6.45) is 1.49. The molecule has 3 heterocycles. The number of thiazole rings is 1. The van der Waals surface area contributed by atoms with Crippen molar-refractivity contribution in [3.63, 3.8) is 0 Å². The predicted molar refractivity (Wildman–Crippen MR) is 134 cm³/mol. The highest BCUT2D eigenvalue weighted by molar-refractivity contribution is 7.13. The van der Waals surface area contributed by atoms with Crippen LogP contribution >= 0.6 is 11.3 Å². The number of carbonyl (C=O) groups is 2. The lowest BCUT2D eigenvalue weighted by Gasteiger charge is -2.32. The van der Waals surface area contributed by atoms with Crippen LogP contribution in [0.4, 0.5) is 4.79 Å². The Morgan fingerprint density at radius 3 is 2.47 bits per heavy atom. The number of hydrogen-bond acceptors (Lipinski definition) is 7. The van der Waals surface area contributed by atoms with E-state index in [1.807, 2.05) is 5.38 Å². The fourth-order valence-corrected chi connectivity index (χ4v) is 5.23. The molecular weight excluding hydrogens is 450 g/mol. The Morgan fingerprint density at radius 1 is 1.09 bits per heavy atom. The van der Waals surface area contributed by atoms with Crippen molar-refractivity contribution in [1.82, 2.24) is 25.0 Å². The first-order chi connectivity index (χ1) is 16.5. The summed E-state index contributed by atoms with van der Waals surface area (Å²) in [6.45, 7) is 8.86. The maximum absolute atomic E-state index is 12.5. The number of hydrogen-bond donors (Lipinski definition) is 1. The maximum atomic E-state index is 12.5. The summed E-state index contributed by atoms with van der Waals surface area (Å²) in [4.78, 5) is 35.6. The molecule has 1 aromatic carbocycles. The molecule has 184 valence electrons. The van der Waals surface area contributed by atoms with Crippen molar-refractivity contribution < 1.29 is 14.3 Å². The molecule has 1 aromatic heterocycles. The molecule has 1 N–H and O–H groups in total. The van der Waals surface area contributed by atoms with Gasteiger partial charge < -0.3 is 19.9 Å². The largest absolute Gasteiger partial charge is 0.450 e. The molecule has 0 saturated carbocycles. The minimum absolute atomic E-state index is 0.0195. The zero-order chi connectivity index (χ0) is 23.9. The van der Waals surface area contributed by atoms with Crippen LogP contribution in [0.25, 0.3) is 10.6 Å². The lowest BCUT2D eigenvalue weighted by Crippen LogP contribution is -2.47. The number of ether oxygens (including phenoxy) is 1. The summed E-state index contributed by atoms with van der Waals surface area (Å²) in [7, 11) is 2.18. The van der Waals surface area contributed by atoms with E-state index >= 15 is 0 Å². The summed E-state index contributed by atoms with van der Waals surface area (Å²) in [5, 5.41) is 6.01. The molecule has 0 aliphatic carbocycles. The minimum Gasteiger partial charge on any atom is -0.450 e. The van der Waals surface area contributed by atoms with E-state index in [-0.39, 0.29) is 24.5 Å². The van der Waals surface area contributed by atoms with Crippen molar-refractivity contribution in [2.45, 2.75) is 38.8 Å². The van der Waals surface area contributed by atoms with Crippen molar-refractivity contribution in [2.75, 3.05) is 52.9 Å². The van der Waals surface area contributed by atoms with Crippen LogP contribution in [-0.2, 0) is 22.5 Å². The van der Waals surface area contributed by atoms with Gasteiger partial charge in [-0.3, -0.25) is 9.69 Å². The number of aromatic nitrogens is 1. The number of likely N-dealkylation sites (tertiary alicyclic amines) is 1. The monoisotopic (exact) mass is 485 g/mol. The molecule has 0 atom stereocenters. The van der Waals surface area contributed by atoms with E-state index in [9.17, 15) is 9.59 Å². The zero-order valence-corrected chi connectivity index (χ0v) is 21.0. The van der Waals surface area contributed by atoms with Gasteiger partial charge in [-0.05, 0) is 32.4 Å². The molecule has 0 bridgehead atoms. The molecule has 0 unspecified atom stereocenters. The zero-order valence-electron chi connectivity index (χ0n) is 20.2. The molecule has 0 spiro atoms. The van der Waals surface area contributed by atoms with E-state index < -0.39 is 0 Å². The standard InChI is InChI=1S/C25H35N5O3S/c1-3-33-25(32)30-10-8-21(9-11-30)26-23(31)16-22-18-34-24(27-22)20-6-4-19(5-7-20)17-29-14-12-28(2)13-15-29/h4-7,18,21H,3,8-17H2,1-2H3,(H,26,31). The second kappa shape index (κ2) is 11.8. The molecule has 2 aliphatic rings. The Labute approximate surface area is 205 Å². The summed E-state index contributed by atoms with van der Waals surface area (Å²) in [5.74, 6) is -0.0195.